The Hall–Kier alpha value is -2.10. The number of carboxylic acids is 1. The third-order valence-electron chi connectivity index (χ3n) is 2.90. The molecule has 2 aromatic rings. The summed E-state index contributed by atoms with van der Waals surface area (Å²) in [6.07, 6.45) is 0. The van der Waals surface area contributed by atoms with Gasteiger partial charge in [0.2, 0.25) is 0 Å². The minimum Gasteiger partial charge on any atom is -0.476 e. The van der Waals surface area contributed by atoms with E-state index in [0.29, 0.717) is 0 Å². The molecule has 0 aliphatic rings. The Bertz CT molecular complexity index is 585. The molecule has 1 N–H and O–H groups in total. The quantitative estimate of drug-likeness (QED) is 0.861. The number of benzene rings is 1. The maximum Gasteiger partial charge on any atom is 0.356 e. The molecular weight excluding hydrogens is 216 g/mol. The van der Waals surface area contributed by atoms with Crippen molar-refractivity contribution in [2.24, 2.45) is 7.05 Å². The van der Waals surface area contributed by atoms with E-state index in [1.165, 1.54) is 11.1 Å². The number of hydrogen-bond donors (Lipinski definition) is 1. The molecule has 0 radical (unpaired) electrons. The second-order valence-electron chi connectivity index (χ2n) is 4.14. The molecule has 1 heterocycles. The summed E-state index contributed by atoms with van der Waals surface area (Å²) in [6.45, 7) is 4.08. The van der Waals surface area contributed by atoms with E-state index in [2.05, 4.69) is 5.10 Å². The zero-order valence-electron chi connectivity index (χ0n) is 10.1. The molecule has 0 atom stereocenters. The fourth-order valence-corrected chi connectivity index (χ4v) is 1.74. The van der Waals surface area contributed by atoms with Crippen LogP contribution in [0, 0.1) is 13.8 Å². The molecule has 1 aromatic heterocycles. The zero-order chi connectivity index (χ0) is 12.6. The van der Waals surface area contributed by atoms with Crippen molar-refractivity contribution < 1.29 is 9.90 Å². The molecule has 0 saturated heterocycles. The van der Waals surface area contributed by atoms with E-state index in [-0.39, 0.29) is 5.69 Å². The third-order valence-corrected chi connectivity index (χ3v) is 2.90. The van der Waals surface area contributed by atoms with Gasteiger partial charge in [-0.05, 0) is 37.1 Å². The highest BCUT2D eigenvalue weighted by atomic mass is 16.4. The number of aromatic carboxylic acids is 1. The van der Waals surface area contributed by atoms with Gasteiger partial charge >= 0.3 is 5.97 Å². The van der Waals surface area contributed by atoms with Gasteiger partial charge in [0.25, 0.3) is 0 Å². The summed E-state index contributed by atoms with van der Waals surface area (Å²) in [5.74, 6) is -1.00. The van der Waals surface area contributed by atoms with E-state index in [1.807, 2.05) is 32.0 Å². The van der Waals surface area contributed by atoms with Crippen molar-refractivity contribution in [1.29, 1.82) is 0 Å². The summed E-state index contributed by atoms with van der Waals surface area (Å²) >= 11 is 0. The first-order chi connectivity index (χ1) is 7.99. The molecule has 0 amide bonds. The molecule has 0 spiro atoms. The van der Waals surface area contributed by atoms with Crippen LogP contribution in [0.2, 0.25) is 0 Å². The van der Waals surface area contributed by atoms with E-state index in [1.54, 1.807) is 17.8 Å². The SMILES string of the molecule is Cc1ccc(-c2cc(C(=O)O)nn2C)cc1C. The van der Waals surface area contributed by atoms with E-state index in [4.69, 9.17) is 5.11 Å². The number of hydrogen-bond acceptors (Lipinski definition) is 2. The van der Waals surface area contributed by atoms with Crippen molar-refractivity contribution in [1.82, 2.24) is 9.78 Å². The largest absolute Gasteiger partial charge is 0.476 e. The van der Waals surface area contributed by atoms with Crippen LogP contribution in [0.25, 0.3) is 11.3 Å². The molecule has 4 heteroatoms. The van der Waals surface area contributed by atoms with Crippen LogP contribution in [0.15, 0.2) is 24.3 Å². The number of carboxylic acid groups (broad SMARTS) is 1. The molecule has 88 valence electrons. The molecule has 1 aromatic carbocycles. The monoisotopic (exact) mass is 230 g/mol. The molecule has 0 aliphatic carbocycles. The van der Waals surface area contributed by atoms with Crippen molar-refractivity contribution >= 4 is 5.97 Å². The lowest BCUT2D eigenvalue weighted by Gasteiger charge is -2.05. The lowest BCUT2D eigenvalue weighted by molar-refractivity contribution is 0.0689. The van der Waals surface area contributed by atoms with Crippen molar-refractivity contribution in [3.05, 3.63) is 41.1 Å². The Morgan fingerprint density at radius 3 is 2.47 bits per heavy atom. The lowest BCUT2D eigenvalue weighted by Crippen LogP contribution is -1.99. The molecule has 0 fully saturated rings. The van der Waals surface area contributed by atoms with E-state index >= 15 is 0 Å². The maximum atomic E-state index is 10.8. The molecule has 2 rings (SSSR count). The number of aromatic nitrogens is 2. The van der Waals surface area contributed by atoms with Crippen LogP contribution >= 0.6 is 0 Å². The Kier molecular flexibility index (Phi) is 2.71. The Morgan fingerprint density at radius 2 is 1.94 bits per heavy atom. The minimum absolute atomic E-state index is 0.0701. The van der Waals surface area contributed by atoms with Gasteiger partial charge in [-0.3, -0.25) is 4.68 Å². The van der Waals surface area contributed by atoms with Gasteiger partial charge in [-0.1, -0.05) is 12.1 Å². The Labute approximate surface area is 99.5 Å². The highest BCUT2D eigenvalue weighted by Gasteiger charge is 2.12. The van der Waals surface area contributed by atoms with E-state index in [0.717, 1.165) is 11.3 Å². The van der Waals surface area contributed by atoms with Crippen LogP contribution in [0.3, 0.4) is 0 Å². The number of rotatable bonds is 2. The van der Waals surface area contributed by atoms with Crippen LogP contribution < -0.4 is 0 Å². The van der Waals surface area contributed by atoms with Gasteiger partial charge in [0.15, 0.2) is 5.69 Å². The van der Waals surface area contributed by atoms with Crippen LogP contribution in [-0.2, 0) is 7.05 Å². The molecule has 0 saturated carbocycles. The number of nitrogens with zero attached hydrogens (tertiary/aromatic N) is 2. The summed E-state index contributed by atoms with van der Waals surface area (Å²) in [5, 5.41) is 12.8. The van der Waals surface area contributed by atoms with Crippen molar-refractivity contribution in [3.8, 4) is 11.3 Å². The van der Waals surface area contributed by atoms with Gasteiger partial charge in [-0.2, -0.15) is 5.10 Å². The number of aryl methyl sites for hydroxylation is 3. The van der Waals surface area contributed by atoms with Gasteiger partial charge in [-0.15, -0.1) is 0 Å². The standard InChI is InChI=1S/C13H14N2O2/c1-8-4-5-10(6-9(8)2)12-7-11(13(16)17)14-15(12)3/h4-7H,1-3H3,(H,16,17). The minimum atomic E-state index is -1.00. The van der Waals surface area contributed by atoms with Crippen molar-refractivity contribution in [2.45, 2.75) is 13.8 Å². The highest BCUT2D eigenvalue weighted by molar-refractivity contribution is 5.87. The fourth-order valence-electron chi connectivity index (χ4n) is 1.74. The topological polar surface area (TPSA) is 55.1 Å². The first-order valence-corrected chi connectivity index (χ1v) is 5.34. The van der Waals surface area contributed by atoms with E-state index in [9.17, 15) is 4.79 Å². The van der Waals surface area contributed by atoms with Gasteiger partial charge in [0.05, 0.1) is 5.69 Å². The Morgan fingerprint density at radius 1 is 1.24 bits per heavy atom. The highest BCUT2D eigenvalue weighted by Crippen LogP contribution is 2.22. The van der Waals surface area contributed by atoms with Gasteiger partial charge in [0, 0.05) is 12.6 Å². The predicted octanol–water partition coefficient (Wildman–Crippen LogP) is 2.40. The summed E-state index contributed by atoms with van der Waals surface area (Å²) in [6, 6.07) is 7.63. The Balaban J connectivity index is 2.52. The van der Waals surface area contributed by atoms with Gasteiger partial charge in [-0.25, -0.2) is 4.79 Å². The fraction of sp³-hybridized carbons (Fsp3) is 0.231. The van der Waals surface area contributed by atoms with Crippen LogP contribution in [0.5, 0.6) is 0 Å². The average molecular weight is 230 g/mol. The third kappa shape index (κ3) is 2.06. The average Bonchev–Trinajstić information content (AvgIpc) is 2.65. The molecule has 0 aliphatic heterocycles. The first kappa shape index (κ1) is 11.4. The zero-order valence-corrected chi connectivity index (χ0v) is 10.1. The molecule has 0 bridgehead atoms. The smallest absolute Gasteiger partial charge is 0.356 e. The normalized spacial score (nSPS) is 10.5. The van der Waals surface area contributed by atoms with E-state index < -0.39 is 5.97 Å². The first-order valence-electron chi connectivity index (χ1n) is 5.34. The molecular formula is C13H14N2O2. The number of carbonyl (C=O) groups is 1. The second-order valence-corrected chi connectivity index (χ2v) is 4.14. The maximum absolute atomic E-state index is 10.8. The van der Waals surface area contributed by atoms with Crippen molar-refractivity contribution in [3.63, 3.8) is 0 Å². The summed E-state index contributed by atoms with van der Waals surface area (Å²) in [7, 11) is 1.75. The summed E-state index contributed by atoms with van der Waals surface area (Å²) in [4.78, 5) is 10.8. The lowest BCUT2D eigenvalue weighted by atomic mass is 10.0. The predicted molar refractivity (Wildman–Crippen MR) is 65.1 cm³/mol. The molecule has 17 heavy (non-hydrogen) atoms. The molecule has 4 nitrogen and oxygen atoms in total. The van der Waals surface area contributed by atoms with Crippen LogP contribution in [0.1, 0.15) is 21.6 Å². The molecule has 0 unspecified atom stereocenters. The van der Waals surface area contributed by atoms with Gasteiger partial charge < -0.3 is 5.11 Å². The summed E-state index contributed by atoms with van der Waals surface area (Å²) in [5.41, 5.74) is 4.26. The second kappa shape index (κ2) is 4.05. The van der Waals surface area contributed by atoms with Crippen LogP contribution in [0.4, 0.5) is 0 Å². The summed E-state index contributed by atoms with van der Waals surface area (Å²) < 4.78 is 1.59. The van der Waals surface area contributed by atoms with Crippen LogP contribution in [-0.4, -0.2) is 20.9 Å². The van der Waals surface area contributed by atoms with Crippen molar-refractivity contribution in [2.75, 3.05) is 0 Å². The van der Waals surface area contributed by atoms with Gasteiger partial charge in [0.1, 0.15) is 0 Å².